The second-order valence-corrected chi connectivity index (χ2v) is 4.69. The predicted octanol–water partition coefficient (Wildman–Crippen LogP) is 1.63. The molecule has 1 fully saturated rings. The third-order valence-corrected chi connectivity index (χ3v) is 3.20. The Morgan fingerprint density at radius 3 is 2.47 bits per heavy atom. The molecule has 1 saturated carbocycles. The molecule has 1 aromatic carbocycles. The van der Waals surface area contributed by atoms with Crippen LogP contribution in [0.4, 0.5) is 16.2 Å². The van der Waals surface area contributed by atoms with Crippen LogP contribution in [0.3, 0.4) is 0 Å². The molecule has 0 bridgehead atoms. The Morgan fingerprint density at radius 1 is 1.37 bits per heavy atom. The zero-order valence-corrected chi connectivity index (χ0v) is 10.3. The second kappa shape index (κ2) is 5.23. The van der Waals surface area contributed by atoms with Gasteiger partial charge in [0.1, 0.15) is 0 Å². The van der Waals surface area contributed by atoms with Crippen LogP contribution in [-0.4, -0.2) is 28.2 Å². The highest BCUT2D eigenvalue weighted by Crippen LogP contribution is 2.30. The Bertz CT molecular complexity index is 482. The molecule has 0 heterocycles. The number of anilines is 1. The van der Waals surface area contributed by atoms with E-state index in [-0.39, 0.29) is 12.2 Å². The van der Waals surface area contributed by atoms with Gasteiger partial charge in [-0.25, -0.2) is 4.79 Å². The molecule has 3 N–H and O–H groups in total. The molecule has 1 aliphatic rings. The van der Waals surface area contributed by atoms with E-state index in [1.165, 1.54) is 24.3 Å². The minimum Gasteiger partial charge on any atom is -0.388 e. The molecule has 7 heteroatoms. The summed E-state index contributed by atoms with van der Waals surface area (Å²) in [5.74, 6) is 0. The van der Waals surface area contributed by atoms with Gasteiger partial charge in [0.15, 0.2) is 0 Å². The number of urea groups is 1. The van der Waals surface area contributed by atoms with Crippen LogP contribution in [-0.2, 0) is 0 Å². The highest BCUT2D eigenvalue weighted by atomic mass is 16.6. The van der Waals surface area contributed by atoms with E-state index in [9.17, 15) is 20.0 Å². The van der Waals surface area contributed by atoms with Gasteiger partial charge < -0.3 is 15.7 Å². The number of non-ortho nitro benzene ring substituents is 1. The number of carbonyl (C=O) groups excluding carboxylic acids is 1. The maximum atomic E-state index is 11.6. The summed E-state index contributed by atoms with van der Waals surface area (Å²) in [5.41, 5.74) is -0.342. The first-order valence-electron chi connectivity index (χ1n) is 6.00. The van der Waals surface area contributed by atoms with Crippen molar-refractivity contribution in [3.63, 3.8) is 0 Å². The Morgan fingerprint density at radius 2 is 2.00 bits per heavy atom. The van der Waals surface area contributed by atoms with Crippen molar-refractivity contribution < 1.29 is 14.8 Å². The molecule has 0 atom stereocenters. The van der Waals surface area contributed by atoms with Crippen LogP contribution >= 0.6 is 0 Å². The fourth-order valence-corrected chi connectivity index (χ4v) is 1.85. The molecular weight excluding hydrogens is 250 g/mol. The summed E-state index contributed by atoms with van der Waals surface area (Å²) in [7, 11) is 0. The lowest BCUT2D eigenvalue weighted by molar-refractivity contribution is -0.384. The van der Waals surface area contributed by atoms with Gasteiger partial charge in [-0.15, -0.1) is 0 Å². The minimum atomic E-state index is -0.771. The normalized spacial score (nSPS) is 16.3. The van der Waals surface area contributed by atoms with Gasteiger partial charge in [0.25, 0.3) is 5.69 Å². The average Bonchev–Trinajstić information content (AvgIpc) is 2.35. The smallest absolute Gasteiger partial charge is 0.319 e. The lowest BCUT2D eigenvalue weighted by atomic mass is 9.80. The number of hydrogen-bond acceptors (Lipinski definition) is 4. The first-order chi connectivity index (χ1) is 8.98. The number of nitrogens with one attached hydrogen (secondary N) is 2. The van der Waals surface area contributed by atoms with E-state index in [2.05, 4.69) is 10.6 Å². The third-order valence-electron chi connectivity index (χ3n) is 3.20. The standard InChI is InChI=1S/C12H15N3O4/c16-11(13-8-12(17)6-1-7-12)14-9-2-4-10(5-3-9)15(18)19/h2-5,17H,1,6-8H2,(H2,13,14,16). The Kier molecular flexibility index (Phi) is 3.66. The maximum Gasteiger partial charge on any atom is 0.319 e. The molecule has 19 heavy (non-hydrogen) atoms. The molecule has 2 rings (SSSR count). The second-order valence-electron chi connectivity index (χ2n) is 4.69. The van der Waals surface area contributed by atoms with Crippen molar-refractivity contribution >= 4 is 17.4 Å². The quantitative estimate of drug-likeness (QED) is 0.568. The monoisotopic (exact) mass is 265 g/mol. The number of amides is 2. The summed E-state index contributed by atoms with van der Waals surface area (Å²) >= 11 is 0. The van der Waals surface area contributed by atoms with Gasteiger partial charge in [-0.3, -0.25) is 10.1 Å². The van der Waals surface area contributed by atoms with E-state index < -0.39 is 16.6 Å². The van der Waals surface area contributed by atoms with Crippen molar-refractivity contribution in [3.05, 3.63) is 34.4 Å². The van der Waals surface area contributed by atoms with Crippen molar-refractivity contribution in [2.45, 2.75) is 24.9 Å². The molecule has 7 nitrogen and oxygen atoms in total. The van der Waals surface area contributed by atoms with Gasteiger partial charge in [0.2, 0.25) is 0 Å². The van der Waals surface area contributed by atoms with Crippen LogP contribution in [0.5, 0.6) is 0 Å². The summed E-state index contributed by atoms with van der Waals surface area (Å²) in [5, 5.41) is 25.4. The van der Waals surface area contributed by atoms with Crippen molar-refractivity contribution in [3.8, 4) is 0 Å². The molecule has 0 radical (unpaired) electrons. The molecule has 0 unspecified atom stereocenters. The number of rotatable bonds is 4. The van der Waals surface area contributed by atoms with Gasteiger partial charge in [0.05, 0.1) is 10.5 Å². The fourth-order valence-electron chi connectivity index (χ4n) is 1.85. The molecule has 102 valence electrons. The molecular formula is C12H15N3O4. The molecule has 2 amide bonds. The zero-order chi connectivity index (χ0) is 13.9. The van der Waals surface area contributed by atoms with Gasteiger partial charge in [-0.1, -0.05) is 0 Å². The fraction of sp³-hybridized carbons (Fsp3) is 0.417. The van der Waals surface area contributed by atoms with Crippen LogP contribution in [0, 0.1) is 10.1 Å². The summed E-state index contributed by atoms with van der Waals surface area (Å²) in [6, 6.07) is 5.10. The van der Waals surface area contributed by atoms with Crippen LogP contribution in [0.15, 0.2) is 24.3 Å². The zero-order valence-electron chi connectivity index (χ0n) is 10.3. The van der Waals surface area contributed by atoms with Crippen molar-refractivity contribution in [1.29, 1.82) is 0 Å². The number of nitro benzene ring substituents is 1. The number of carbonyl (C=O) groups is 1. The highest BCUT2D eigenvalue weighted by Gasteiger charge is 2.34. The van der Waals surface area contributed by atoms with Crippen LogP contribution in [0.2, 0.25) is 0 Å². The maximum absolute atomic E-state index is 11.6. The summed E-state index contributed by atoms with van der Waals surface area (Å²) in [6.07, 6.45) is 2.37. The van der Waals surface area contributed by atoms with E-state index in [1.54, 1.807) is 0 Å². The molecule has 0 spiro atoms. The lowest BCUT2D eigenvalue weighted by Gasteiger charge is -2.36. The number of benzene rings is 1. The Balaban J connectivity index is 1.83. The van der Waals surface area contributed by atoms with Crippen molar-refractivity contribution in [2.75, 3.05) is 11.9 Å². The molecule has 1 aliphatic carbocycles. The van der Waals surface area contributed by atoms with E-state index >= 15 is 0 Å². The topological polar surface area (TPSA) is 104 Å². The first-order valence-corrected chi connectivity index (χ1v) is 6.00. The first kappa shape index (κ1) is 13.3. The third kappa shape index (κ3) is 3.41. The van der Waals surface area contributed by atoms with Crippen molar-refractivity contribution in [1.82, 2.24) is 5.32 Å². The number of nitrogens with zero attached hydrogens (tertiary/aromatic N) is 1. The number of hydrogen-bond donors (Lipinski definition) is 3. The largest absolute Gasteiger partial charge is 0.388 e. The average molecular weight is 265 g/mol. The Hall–Kier alpha value is -2.15. The predicted molar refractivity (Wildman–Crippen MR) is 68.9 cm³/mol. The molecule has 1 aromatic rings. The van der Waals surface area contributed by atoms with Crippen LogP contribution < -0.4 is 10.6 Å². The van der Waals surface area contributed by atoms with Crippen LogP contribution in [0.1, 0.15) is 19.3 Å². The number of aliphatic hydroxyl groups is 1. The minimum absolute atomic E-state index is 0.0327. The van der Waals surface area contributed by atoms with E-state index in [0.29, 0.717) is 18.5 Å². The summed E-state index contributed by atoms with van der Waals surface area (Å²) in [6.45, 7) is 0.214. The van der Waals surface area contributed by atoms with Gasteiger partial charge in [0, 0.05) is 24.4 Å². The highest BCUT2D eigenvalue weighted by molar-refractivity contribution is 5.89. The van der Waals surface area contributed by atoms with Crippen molar-refractivity contribution in [2.24, 2.45) is 0 Å². The Labute approximate surface area is 109 Å². The van der Waals surface area contributed by atoms with Crippen LogP contribution in [0.25, 0.3) is 0 Å². The van der Waals surface area contributed by atoms with E-state index in [4.69, 9.17) is 0 Å². The molecule has 0 saturated heterocycles. The van der Waals surface area contributed by atoms with E-state index in [0.717, 1.165) is 6.42 Å². The molecule has 0 aromatic heterocycles. The summed E-state index contributed by atoms with van der Waals surface area (Å²) < 4.78 is 0. The van der Waals surface area contributed by atoms with Gasteiger partial charge >= 0.3 is 6.03 Å². The summed E-state index contributed by atoms with van der Waals surface area (Å²) in [4.78, 5) is 21.5. The molecule has 0 aliphatic heterocycles. The number of nitro groups is 1. The van der Waals surface area contributed by atoms with Gasteiger partial charge in [-0.2, -0.15) is 0 Å². The lowest BCUT2D eigenvalue weighted by Crippen LogP contribution is -2.48. The van der Waals surface area contributed by atoms with Gasteiger partial charge in [-0.05, 0) is 31.4 Å². The SMILES string of the molecule is O=C(NCC1(O)CCC1)Nc1ccc([N+](=O)[O-])cc1. The van der Waals surface area contributed by atoms with E-state index in [1.807, 2.05) is 0 Å².